The number of carbonyl (C=O) groups is 3. The Morgan fingerprint density at radius 1 is 0.812 bits per heavy atom. The molecule has 0 radical (unpaired) electrons. The molecule has 0 saturated heterocycles. The Kier molecular flexibility index (Phi) is 7.96. The van der Waals surface area contributed by atoms with Gasteiger partial charge in [0, 0.05) is 5.97 Å². The normalized spacial score (nSPS) is 13.3. The van der Waals surface area contributed by atoms with Crippen LogP contribution in [-0.4, -0.2) is 40.3 Å². The summed E-state index contributed by atoms with van der Waals surface area (Å²) < 4.78 is 0. The molecule has 2 unspecified atom stereocenters. The Morgan fingerprint density at radius 3 is 1.06 bits per heavy atom. The molecule has 0 amide bonds. The maximum Gasteiger partial charge on any atom is 0.124 e. The number of carbonyl (C=O) groups excluding carboxylic acids is 3. The Hall–Kier alpha value is -1.67. The Balaban J connectivity index is 0. The van der Waals surface area contributed by atoms with Crippen molar-refractivity contribution >= 4 is 17.9 Å². The van der Waals surface area contributed by atoms with Gasteiger partial charge in [-0.15, -0.1) is 0 Å². The van der Waals surface area contributed by atoms with Gasteiger partial charge < -0.3 is 39.9 Å². The highest BCUT2D eigenvalue weighted by Crippen LogP contribution is 1.89. The Bertz CT molecular complexity index is 241. The highest BCUT2D eigenvalue weighted by atomic mass is 16.4. The highest BCUT2D eigenvalue weighted by molar-refractivity contribution is 5.80. The van der Waals surface area contributed by atoms with Crippen LogP contribution in [0, 0.1) is 5.92 Å². The lowest BCUT2D eigenvalue weighted by atomic mass is 10.2. The zero-order chi connectivity index (χ0) is 13.5. The molecule has 94 valence electrons. The van der Waals surface area contributed by atoms with E-state index in [1.165, 1.54) is 0 Å². The summed E-state index contributed by atoms with van der Waals surface area (Å²) in [5.41, 5.74) is 0. The van der Waals surface area contributed by atoms with E-state index in [0.717, 1.165) is 0 Å². The van der Waals surface area contributed by atoms with E-state index in [9.17, 15) is 29.7 Å². The molecule has 0 spiro atoms. The van der Waals surface area contributed by atoms with Gasteiger partial charge in [0.15, 0.2) is 0 Å². The van der Waals surface area contributed by atoms with E-state index in [1.807, 2.05) is 0 Å². The lowest BCUT2D eigenvalue weighted by Gasteiger charge is -2.18. The number of aliphatic carboxylic acids is 3. The molecule has 0 fully saturated rings. The van der Waals surface area contributed by atoms with Crippen molar-refractivity contribution in [1.29, 1.82) is 0 Å². The van der Waals surface area contributed by atoms with Gasteiger partial charge in [-0.05, 0) is 5.92 Å². The fourth-order valence-corrected chi connectivity index (χ4v) is 0.258. The first-order chi connectivity index (χ1) is 7.11. The molecular formula is C8H11O8-3. The number of aliphatic hydroxyl groups excluding tert-OH is 2. The minimum absolute atomic E-state index is 0.343. The van der Waals surface area contributed by atoms with Gasteiger partial charge in [0.25, 0.3) is 0 Å². The molecule has 2 atom stereocenters. The molecule has 0 aromatic heterocycles. The second-order valence-electron chi connectivity index (χ2n) is 3.00. The third-order valence-corrected chi connectivity index (χ3v) is 1.25. The van der Waals surface area contributed by atoms with Gasteiger partial charge in [0.1, 0.15) is 12.2 Å². The van der Waals surface area contributed by atoms with E-state index in [2.05, 4.69) is 0 Å². The summed E-state index contributed by atoms with van der Waals surface area (Å²) in [4.78, 5) is 28.9. The number of carboxylic acids is 3. The minimum Gasteiger partial charge on any atom is -0.550 e. The van der Waals surface area contributed by atoms with Gasteiger partial charge >= 0.3 is 0 Å². The van der Waals surface area contributed by atoms with Crippen LogP contribution in [0.5, 0.6) is 0 Å². The van der Waals surface area contributed by atoms with E-state index in [0.29, 0.717) is 0 Å². The zero-order valence-corrected chi connectivity index (χ0v) is 8.58. The van der Waals surface area contributed by atoms with Crippen LogP contribution < -0.4 is 15.3 Å². The van der Waals surface area contributed by atoms with Crippen LogP contribution in [-0.2, 0) is 14.4 Å². The molecule has 0 aromatic carbocycles. The standard InChI is InChI=1S/C4H6O6.C4H8O2/c5-1(3(7)8)2(6)4(9)10;1-3(2)4(5)6/h1-2,5-6H,(H,7,8)(H,9,10);3H,1-2H3,(H,5,6)/p-3. The molecule has 0 bridgehead atoms. The first-order valence-electron chi connectivity index (χ1n) is 4.10. The predicted molar refractivity (Wildman–Crippen MR) is 41.9 cm³/mol. The van der Waals surface area contributed by atoms with Crippen molar-refractivity contribution in [2.45, 2.75) is 26.1 Å². The summed E-state index contributed by atoms with van der Waals surface area (Å²) >= 11 is 0. The minimum atomic E-state index is -2.44. The van der Waals surface area contributed by atoms with Gasteiger partial charge in [-0.1, -0.05) is 13.8 Å². The van der Waals surface area contributed by atoms with E-state index < -0.39 is 30.1 Å². The Morgan fingerprint density at radius 2 is 1.00 bits per heavy atom. The monoisotopic (exact) mass is 235 g/mol. The quantitative estimate of drug-likeness (QED) is 0.487. The van der Waals surface area contributed by atoms with E-state index in [1.54, 1.807) is 13.8 Å². The van der Waals surface area contributed by atoms with Crippen molar-refractivity contribution in [1.82, 2.24) is 0 Å². The number of carboxylic acid groups (broad SMARTS) is 3. The topological polar surface area (TPSA) is 161 Å². The van der Waals surface area contributed by atoms with Crippen LogP contribution >= 0.6 is 0 Å². The number of rotatable bonds is 4. The van der Waals surface area contributed by atoms with Gasteiger partial charge in [0.2, 0.25) is 0 Å². The van der Waals surface area contributed by atoms with E-state index in [4.69, 9.17) is 10.2 Å². The predicted octanol–water partition coefficient (Wildman–Crippen LogP) is -5.40. The average molecular weight is 235 g/mol. The van der Waals surface area contributed by atoms with E-state index >= 15 is 0 Å². The first kappa shape index (κ1) is 16.7. The van der Waals surface area contributed by atoms with Crippen molar-refractivity contribution in [3.05, 3.63) is 0 Å². The molecular weight excluding hydrogens is 224 g/mol. The van der Waals surface area contributed by atoms with E-state index in [-0.39, 0.29) is 5.92 Å². The van der Waals surface area contributed by atoms with Gasteiger partial charge in [-0.3, -0.25) is 0 Å². The first-order valence-corrected chi connectivity index (χ1v) is 4.10. The second kappa shape index (κ2) is 7.60. The van der Waals surface area contributed by atoms with Crippen molar-refractivity contribution in [3.63, 3.8) is 0 Å². The van der Waals surface area contributed by atoms with Crippen molar-refractivity contribution in [2.75, 3.05) is 0 Å². The summed E-state index contributed by atoms with van der Waals surface area (Å²) in [5, 5.41) is 45.3. The molecule has 0 aliphatic rings. The largest absolute Gasteiger partial charge is 0.550 e. The summed E-state index contributed by atoms with van der Waals surface area (Å²) in [5.74, 6) is -5.45. The van der Waals surface area contributed by atoms with Crippen molar-refractivity contribution in [2.24, 2.45) is 5.92 Å². The smallest absolute Gasteiger partial charge is 0.124 e. The fraction of sp³-hybridized carbons (Fsp3) is 0.625. The highest BCUT2D eigenvalue weighted by Gasteiger charge is 2.17. The summed E-state index contributed by atoms with van der Waals surface area (Å²) in [6.45, 7) is 3.16. The fourth-order valence-electron chi connectivity index (χ4n) is 0.258. The Labute approximate surface area is 90.8 Å². The summed E-state index contributed by atoms with van der Waals surface area (Å²) in [6.07, 6.45) is -4.88. The SMILES string of the molecule is CC(C)C(=O)[O-].O=C([O-])C(O)C(O)C(=O)[O-]. The number of hydrogen-bond donors (Lipinski definition) is 2. The van der Waals surface area contributed by atoms with Crippen LogP contribution in [0.3, 0.4) is 0 Å². The maximum absolute atomic E-state index is 9.63. The summed E-state index contributed by atoms with van der Waals surface area (Å²) in [7, 11) is 0. The van der Waals surface area contributed by atoms with Crippen LogP contribution in [0.25, 0.3) is 0 Å². The van der Waals surface area contributed by atoms with Crippen LogP contribution in [0.1, 0.15) is 13.8 Å². The molecule has 0 aliphatic carbocycles. The molecule has 8 heteroatoms. The van der Waals surface area contributed by atoms with Gasteiger partial charge in [-0.2, -0.15) is 0 Å². The van der Waals surface area contributed by atoms with Crippen molar-refractivity contribution < 1.29 is 39.9 Å². The molecule has 0 saturated carbocycles. The third kappa shape index (κ3) is 7.71. The van der Waals surface area contributed by atoms with Gasteiger partial charge in [-0.25, -0.2) is 0 Å². The lowest BCUT2D eigenvalue weighted by Crippen LogP contribution is -2.51. The maximum atomic E-state index is 9.63. The number of hydrogen-bond acceptors (Lipinski definition) is 8. The lowest BCUT2D eigenvalue weighted by molar-refractivity contribution is -0.333. The molecule has 0 aromatic rings. The van der Waals surface area contributed by atoms with Crippen LogP contribution in [0.15, 0.2) is 0 Å². The molecule has 16 heavy (non-hydrogen) atoms. The third-order valence-electron chi connectivity index (χ3n) is 1.25. The van der Waals surface area contributed by atoms with Crippen LogP contribution in [0.2, 0.25) is 0 Å². The molecule has 8 nitrogen and oxygen atoms in total. The molecule has 0 heterocycles. The zero-order valence-electron chi connectivity index (χ0n) is 8.58. The van der Waals surface area contributed by atoms with Crippen LogP contribution in [0.4, 0.5) is 0 Å². The molecule has 0 aliphatic heterocycles. The van der Waals surface area contributed by atoms with Gasteiger partial charge in [0.05, 0.1) is 11.9 Å². The molecule has 2 N–H and O–H groups in total. The van der Waals surface area contributed by atoms with Crippen molar-refractivity contribution in [3.8, 4) is 0 Å². The summed E-state index contributed by atoms with van der Waals surface area (Å²) in [6, 6.07) is 0. The molecule has 0 rings (SSSR count). The average Bonchev–Trinajstić information content (AvgIpc) is 2.15. The second-order valence-corrected chi connectivity index (χ2v) is 3.00. The number of aliphatic hydroxyl groups is 2.